The first-order valence-electron chi connectivity index (χ1n) is 8.98. The highest BCUT2D eigenvalue weighted by atomic mass is 32.2. The molecule has 150 valence electrons. The van der Waals surface area contributed by atoms with Crippen LogP contribution in [0.4, 0.5) is 16.2 Å². The minimum atomic E-state index is -3.07. The van der Waals surface area contributed by atoms with Gasteiger partial charge in [-0.2, -0.15) is 4.98 Å². The topological polar surface area (TPSA) is 105 Å². The van der Waals surface area contributed by atoms with E-state index in [2.05, 4.69) is 20.3 Å². The van der Waals surface area contributed by atoms with Crippen LogP contribution in [0.5, 0.6) is 0 Å². The van der Waals surface area contributed by atoms with Gasteiger partial charge in [-0.15, -0.1) is 0 Å². The van der Waals surface area contributed by atoms with Crippen molar-refractivity contribution in [3.05, 3.63) is 42.2 Å². The molecule has 1 N–H and O–H groups in total. The highest BCUT2D eigenvalue weighted by Gasteiger charge is 2.25. The van der Waals surface area contributed by atoms with Crippen molar-refractivity contribution in [1.29, 1.82) is 0 Å². The van der Waals surface area contributed by atoms with E-state index in [1.807, 2.05) is 4.90 Å². The number of carbonyl (C=O) groups is 1. The van der Waals surface area contributed by atoms with Crippen molar-refractivity contribution in [2.75, 3.05) is 34.8 Å². The molecule has 1 aliphatic heterocycles. The van der Waals surface area contributed by atoms with Crippen LogP contribution in [0.3, 0.4) is 0 Å². The molecule has 1 amide bonds. The van der Waals surface area contributed by atoms with Crippen LogP contribution in [0.25, 0.3) is 22.3 Å². The number of halogens is 1. The Morgan fingerprint density at radius 1 is 1.03 bits per heavy atom. The number of aromatic nitrogens is 3. The number of carbonyl (C=O) groups excluding carboxylic acids is 1. The van der Waals surface area contributed by atoms with Gasteiger partial charge in [-0.05, 0) is 36.4 Å². The third-order valence-electron chi connectivity index (χ3n) is 4.60. The van der Waals surface area contributed by atoms with Gasteiger partial charge in [-0.3, -0.25) is 10.1 Å². The minimum absolute atomic E-state index is 0.0195. The lowest BCUT2D eigenvalue weighted by Gasteiger charge is -2.28. The largest absolute Gasteiger partial charge is 0.353 e. The second-order valence-corrected chi connectivity index (χ2v) is 9.07. The minimum Gasteiger partial charge on any atom is -0.353 e. The van der Waals surface area contributed by atoms with Gasteiger partial charge in [0.05, 0.1) is 22.7 Å². The molecule has 1 aromatic carbocycles. The molecule has 0 atom stereocenters. The summed E-state index contributed by atoms with van der Waals surface area (Å²) in [5.74, 6) is -0.0279. The highest BCUT2D eigenvalue weighted by Crippen LogP contribution is 2.28. The number of rotatable bonds is 3. The lowest BCUT2D eigenvalue weighted by atomic mass is 10.1. The fraction of sp³-hybridized carbons (Fsp3) is 0.263. The Balaban J connectivity index is 1.83. The van der Waals surface area contributed by atoms with Gasteiger partial charge in [-0.1, -0.05) is 0 Å². The van der Waals surface area contributed by atoms with Crippen molar-refractivity contribution < 1.29 is 17.6 Å². The molecule has 0 bridgehead atoms. The predicted molar refractivity (Wildman–Crippen MR) is 108 cm³/mol. The molecule has 1 aliphatic rings. The molecule has 0 radical (unpaired) electrons. The second-order valence-electron chi connectivity index (χ2n) is 6.76. The summed E-state index contributed by atoms with van der Waals surface area (Å²) in [6.07, 6.45) is 0. The Morgan fingerprint density at radius 2 is 1.72 bits per heavy atom. The first-order valence-corrected chi connectivity index (χ1v) is 10.8. The Hall–Kier alpha value is -3.14. The summed E-state index contributed by atoms with van der Waals surface area (Å²) in [7, 11) is -3.07. The maximum Gasteiger partial charge on any atom is 0.232 e. The molecule has 0 saturated carbocycles. The molecule has 3 aromatic rings. The maximum absolute atomic E-state index is 13.2. The summed E-state index contributed by atoms with van der Waals surface area (Å²) in [5.41, 5.74) is 2.34. The number of sulfone groups is 1. The molecule has 1 fully saturated rings. The third-order valence-corrected chi connectivity index (χ3v) is 6.20. The first-order chi connectivity index (χ1) is 13.8. The number of hydrogen-bond donors (Lipinski definition) is 1. The predicted octanol–water partition coefficient (Wildman–Crippen LogP) is 2.02. The molecule has 10 heteroatoms. The van der Waals surface area contributed by atoms with Gasteiger partial charge < -0.3 is 4.90 Å². The summed E-state index contributed by atoms with van der Waals surface area (Å²) in [6, 6.07) is 9.47. The quantitative estimate of drug-likeness (QED) is 0.698. The zero-order chi connectivity index (χ0) is 20.6. The number of nitrogens with zero attached hydrogens (tertiary/aromatic N) is 4. The summed E-state index contributed by atoms with van der Waals surface area (Å²) in [6.45, 7) is 1.91. The number of pyridine rings is 1. The lowest BCUT2D eigenvalue weighted by molar-refractivity contribution is -0.114. The first kappa shape index (κ1) is 19.2. The second kappa shape index (κ2) is 7.36. The van der Waals surface area contributed by atoms with E-state index in [9.17, 15) is 17.6 Å². The molecule has 1 saturated heterocycles. The normalized spacial score (nSPS) is 16.0. The van der Waals surface area contributed by atoms with Gasteiger partial charge in [0.1, 0.15) is 11.3 Å². The van der Waals surface area contributed by atoms with Crippen molar-refractivity contribution in [3.8, 4) is 11.3 Å². The highest BCUT2D eigenvalue weighted by molar-refractivity contribution is 7.91. The molecule has 2 aromatic heterocycles. The van der Waals surface area contributed by atoms with Crippen LogP contribution in [0, 0.1) is 5.82 Å². The molecule has 0 aliphatic carbocycles. The van der Waals surface area contributed by atoms with Crippen molar-refractivity contribution in [1.82, 2.24) is 15.0 Å². The van der Waals surface area contributed by atoms with Gasteiger partial charge in [0, 0.05) is 25.6 Å². The number of nitrogens with one attached hydrogen (secondary N) is 1. The Bertz CT molecular complexity index is 1180. The van der Waals surface area contributed by atoms with Gasteiger partial charge in [0.2, 0.25) is 11.9 Å². The summed E-state index contributed by atoms with van der Waals surface area (Å²) >= 11 is 0. The van der Waals surface area contributed by atoms with Crippen molar-refractivity contribution >= 4 is 38.5 Å². The molecular formula is C19H18FN5O3S. The standard InChI is InChI=1S/C19H18FN5O3S/c1-12(26)21-19-23-16-7-6-15(13-2-4-14(20)5-3-13)22-17(16)18(24-19)25-8-10-29(27,28)11-9-25/h2-7H,8-11H2,1H3,(H,21,23,24,26). The third kappa shape index (κ3) is 4.16. The van der Waals surface area contributed by atoms with Crippen LogP contribution in [-0.2, 0) is 14.6 Å². The Labute approximate surface area is 166 Å². The lowest BCUT2D eigenvalue weighted by Crippen LogP contribution is -2.41. The Morgan fingerprint density at radius 3 is 2.38 bits per heavy atom. The fourth-order valence-corrected chi connectivity index (χ4v) is 4.34. The molecular weight excluding hydrogens is 397 g/mol. The van der Waals surface area contributed by atoms with E-state index in [0.717, 1.165) is 5.56 Å². The number of fused-ring (bicyclic) bond motifs is 1. The van der Waals surface area contributed by atoms with E-state index < -0.39 is 9.84 Å². The molecule has 0 unspecified atom stereocenters. The summed E-state index contributed by atoms with van der Waals surface area (Å²) in [4.78, 5) is 26.7. The van der Waals surface area contributed by atoms with Gasteiger partial charge in [0.15, 0.2) is 15.7 Å². The summed E-state index contributed by atoms with van der Waals surface area (Å²) < 4.78 is 36.9. The van der Waals surface area contributed by atoms with E-state index in [1.54, 1.807) is 24.3 Å². The van der Waals surface area contributed by atoms with E-state index in [4.69, 9.17) is 0 Å². The van der Waals surface area contributed by atoms with Gasteiger partial charge in [0.25, 0.3) is 0 Å². The maximum atomic E-state index is 13.2. The molecule has 8 nitrogen and oxygen atoms in total. The molecule has 3 heterocycles. The van der Waals surface area contributed by atoms with Crippen molar-refractivity contribution in [2.24, 2.45) is 0 Å². The number of amides is 1. The van der Waals surface area contributed by atoms with E-state index in [0.29, 0.717) is 22.5 Å². The van der Waals surface area contributed by atoms with Crippen LogP contribution in [-0.4, -0.2) is 53.9 Å². The van der Waals surface area contributed by atoms with Crippen LogP contribution in [0.2, 0.25) is 0 Å². The van der Waals surface area contributed by atoms with E-state index in [-0.39, 0.29) is 42.3 Å². The van der Waals surface area contributed by atoms with Crippen LogP contribution in [0.1, 0.15) is 6.92 Å². The fourth-order valence-electron chi connectivity index (χ4n) is 3.14. The SMILES string of the molecule is CC(=O)Nc1nc(N2CCS(=O)(=O)CC2)c2nc(-c3ccc(F)cc3)ccc2n1. The molecule has 0 spiro atoms. The van der Waals surface area contributed by atoms with Gasteiger partial charge in [-0.25, -0.2) is 22.8 Å². The van der Waals surface area contributed by atoms with Crippen LogP contribution in [0.15, 0.2) is 36.4 Å². The smallest absolute Gasteiger partial charge is 0.232 e. The average molecular weight is 415 g/mol. The number of anilines is 2. The average Bonchev–Trinajstić information content (AvgIpc) is 2.67. The Kier molecular flexibility index (Phi) is 4.87. The van der Waals surface area contributed by atoms with Gasteiger partial charge >= 0.3 is 0 Å². The van der Waals surface area contributed by atoms with Crippen molar-refractivity contribution in [2.45, 2.75) is 6.92 Å². The number of benzene rings is 1. The summed E-state index contributed by atoms with van der Waals surface area (Å²) in [5, 5.41) is 2.57. The van der Waals surface area contributed by atoms with E-state index >= 15 is 0 Å². The number of hydrogen-bond acceptors (Lipinski definition) is 7. The monoisotopic (exact) mass is 415 g/mol. The van der Waals surface area contributed by atoms with E-state index in [1.165, 1.54) is 19.1 Å². The van der Waals surface area contributed by atoms with Crippen LogP contribution < -0.4 is 10.2 Å². The van der Waals surface area contributed by atoms with Crippen LogP contribution >= 0.6 is 0 Å². The molecule has 29 heavy (non-hydrogen) atoms. The molecule has 4 rings (SSSR count). The zero-order valence-electron chi connectivity index (χ0n) is 15.6. The van der Waals surface area contributed by atoms with Crippen molar-refractivity contribution in [3.63, 3.8) is 0 Å². The zero-order valence-corrected chi connectivity index (χ0v) is 16.4.